The fourth-order valence-electron chi connectivity index (χ4n) is 3.01. The first-order chi connectivity index (χ1) is 11.3. The number of aromatic nitrogens is 5. The average Bonchev–Trinajstić information content (AvgIpc) is 3.12. The topological polar surface area (TPSA) is 68.8 Å². The van der Waals surface area contributed by atoms with E-state index >= 15 is 0 Å². The Bertz CT molecular complexity index is 750. The van der Waals surface area contributed by atoms with Gasteiger partial charge in [0.15, 0.2) is 5.69 Å². The number of carbonyl (C=O) groups is 1. The van der Waals surface area contributed by atoms with E-state index in [4.69, 9.17) is 0 Å². The van der Waals surface area contributed by atoms with Crippen LogP contribution in [0.2, 0.25) is 0 Å². The summed E-state index contributed by atoms with van der Waals surface area (Å²) in [6.07, 6.45) is -0.707. The molecule has 1 amide bonds. The van der Waals surface area contributed by atoms with Crippen molar-refractivity contribution in [1.82, 2.24) is 29.4 Å². The van der Waals surface area contributed by atoms with Crippen LogP contribution in [0, 0.1) is 0 Å². The van der Waals surface area contributed by atoms with Crippen molar-refractivity contribution < 1.29 is 18.0 Å². The number of rotatable bonds is 2. The first-order valence-corrected chi connectivity index (χ1v) is 7.51. The molecule has 1 atom stereocenters. The van der Waals surface area contributed by atoms with Crippen LogP contribution < -0.4 is 0 Å². The van der Waals surface area contributed by atoms with Crippen molar-refractivity contribution in [2.24, 2.45) is 14.1 Å². The molecule has 1 aliphatic heterocycles. The molecule has 0 spiro atoms. The normalized spacial score (nSPS) is 18.9. The fraction of sp³-hybridized carbons (Fsp3) is 0.571. The second-order valence-corrected chi connectivity index (χ2v) is 5.93. The van der Waals surface area contributed by atoms with Gasteiger partial charge in [-0.15, -0.1) is 5.10 Å². The lowest BCUT2D eigenvalue weighted by atomic mass is 9.97. The summed E-state index contributed by atoms with van der Waals surface area (Å²) < 4.78 is 41.3. The Morgan fingerprint density at radius 2 is 2.08 bits per heavy atom. The maximum Gasteiger partial charge on any atom is 0.434 e. The van der Waals surface area contributed by atoms with Gasteiger partial charge in [0.25, 0.3) is 5.91 Å². The minimum Gasteiger partial charge on any atom is -0.337 e. The summed E-state index contributed by atoms with van der Waals surface area (Å²) in [5.74, 6) is -0.106. The molecule has 7 nitrogen and oxygen atoms in total. The first kappa shape index (κ1) is 16.5. The molecule has 3 heterocycles. The van der Waals surface area contributed by atoms with Crippen LogP contribution in [0.25, 0.3) is 0 Å². The minimum absolute atomic E-state index is 0.225. The predicted molar refractivity (Wildman–Crippen MR) is 77.1 cm³/mol. The Labute approximate surface area is 136 Å². The minimum atomic E-state index is -4.47. The van der Waals surface area contributed by atoms with E-state index in [9.17, 15) is 18.0 Å². The molecule has 3 rings (SSSR count). The summed E-state index contributed by atoms with van der Waals surface area (Å²) in [6.45, 7) is 0.878. The summed E-state index contributed by atoms with van der Waals surface area (Å²) in [6, 6.07) is 0. The number of likely N-dealkylation sites (tertiary alicyclic amines) is 1. The number of piperidine rings is 1. The number of imidazole rings is 1. The van der Waals surface area contributed by atoms with Crippen LogP contribution in [0.3, 0.4) is 0 Å². The third-order valence-corrected chi connectivity index (χ3v) is 4.21. The van der Waals surface area contributed by atoms with Crippen LogP contribution in [-0.2, 0) is 20.3 Å². The van der Waals surface area contributed by atoms with Gasteiger partial charge in [-0.2, -0.15) is 13.2 Å². The van der Waals surface area contributed by atoms with Gasteiger partial charge in [-0.1, -0.05) is 5.21 Å². The third-order valence-electron chi connectivity index (χ3n) is 4.21. The molecule has 24 heavy (non-hydrogen) atoms. The maximum atomic E-state index is 12.8. The van der Waals surface area contributed by atoms with Crippen molar-refractivity contribution >= 4 is 5.91 Å². The zero-order chi connectivity index (χ0) is 17.5. The van der Waals surface area contributed by atoms with Crippen molar-refractivity contribution in [3.05, 3.63) is 29.6 Å². The summed E-state index contributed by atoms with van der Waals surface area (Å²) in [5.41, 5.74) is -0.550. The van der Waals surface area contributed by atoms with E-state index in [0.717, 1.165) is 6.20 Å². The van der Waals surface area contributed by atoms with Crippen LogP contribution in [0.5, 0.6) is 0 Å². The van der Waals surface area contributed by atoms with Crippen LogP contribution in [0.15, 0.2) is 12.4 Å². The number of hydrogen-bond donors (Lipinski definition) is 0. The molecule has 130 valence electrons. The molecular weight excluding hydrogens is 325 g/mol. The lowest BCUT2D eigenvalue weighted by Crippen LogP contribution is -2.40. The highest BCUT2D eigenvalue weighted by atomic mass is 19.4. The van der Waals surface area contributed by atoms with Gasteiger partial charge in [0, 0.05) is 39.3 Å². The quantitative estimate of drug-likeness (QED) is 0.831. The number of hydrogen-bond acceptors (Lipinski definition) is 4. The van der Waals surface area contributed by atoms with E-state index < -0.39 is 11.9 Å². The largest absolute Gasteiger partial charge is 0.434 e. The molecule has 1 fully saturated rings. The van der Waals surface area contributed by atoms with Gasteiger partial charge in [-0.05, 0) is 12.8 Å². The molecule has 0 radical (unpaired) electrons. The lowest BCUT2D eigenvalue weighted by molar-refractivity contribution is -0.141. The number of alkyl halides is 3. The standard InChI is InChI=1S/C14H17F3N6O/c1-21-8-11(14(15,16)17)19-12(21)9-4-3-5-23(7-9)13(24)10-6-18-20-22(10)2/h6,8-9H,3-5,7H2,1-2H3/t9-/m0/s1. The first-order valence-electron chi connectivity index (χ1n) is 7.51. The summed E-state index contributed by atoms with van der Waals surface area (Å²) in [7, 11) is 3.17. The zero-order valence-corrected chi connectivity index (χ0v) is 13.3. The molecule has 2 aromatic heterocycles. The lowest BCUT2D eigenvalue weighted by Gasteiger charge is -2.32. The van der Waals surface area contributed by atoms with E-state index in [-0.39, 0.29) is 11.8 Å². The number of carbonyl (C=O) groups excluding carboxylic acids is 1. The van der Waals surface area contributed by atoms with Crippen molar-refractivity contribution in [2.75, 3.05) is 13.1 Å². The second kappa shape index (κ2) is 5.91. The number of aryl methyl sites for hydroxylation is 2. The number of nitrogens with zero attached hydrogens (tertiary/aromatic N) is 6. The molecule has 1 aliphatic rings. The summed E-state index contributed by atoms with van der Waals surface area (Å²) >= 11 is 0. The van der Waals surface area contributed by atoms with Crippen LogP contribution >= 0.6 is 0 Å². The fourth-order valence-corrected chi connectivity index (χ4v) is 3.01. The molecule has 10 heteroatoms. The van der Waals surface area contributed by atoms with Gasteiger partial charge >= 0.3 is 6.18 Å². The monoisotopic (exact) mass is 342 g/mol. The van der Waals surface area contributed by atoms with Gasteiger partial charge < -0.3 is 9.47 Å². The molecule has 2 aromatic rings. The highest BCUT2D eigenvalue weighted by Crippen LogP contribution is 2.32. The Morgan fingerprint density at radius 3 is 2.67 bits per heavy atom. The highest BCUT2D eigenvalue weighted by Gasteiger charge is 2.36. The van der Waals surface area contributed by atoms with E-state index in [2.05, 4.69) is 15.3 Å². The van der Waals surface area contributed by atoms with E-state index in [0.29, 0.717) is 37.4 Å². The Kier molecular flexibility index (Phi) is 4.06. The zero-order valence-electron chi connectivity index (χ0n) is 13.3. The van der Waals surface area contributed by atoms with Crippen molar-refractivity contribution in [1.29, 1.82) is 0 Å². The van der Waals surface area contributed by atoms with Gasteiger partial charge in [-0.25, -0.2) is 9.67 Å². The van der Waals surface area contributed by atoms with E-state index in [1.165, 1.54) is 15.4 Å². The Balaban J connectivity index is 1.80. The molecule has 0 aromatic carbocycles. The number of amides is 1. The molecule has 0 N–H and O–H groups in total. The summed E-state index contributed by atoms with van der Waals surface area (Å²) in [4.78, 5) is 17.9. The SMILES string of the molecule is Cn1cc(C(F)(F)F)nc1[C@H]1CCCN(C(=O)c2cnnn2C)C1. The number of halogens is 3. The van der Waals surface area contributed by atoms with Crippen molar-refractivity contribution in [3.63, 3.8) is 0 Å². The molecule has 0 bridgehead atoms. The Hall–Kier alpha value is -2.39. The molecule has 0 aliphatic carbocycles. The van der Waals surface area contributed by atoms with Crippen LogP contribution in [0.1, 0.15) is 40.8 Å². The third kappa shape index (κ3) is 3.00. The molecule has 0 unspecified atom stereocenters. The van der Waals surface area contributed by atoms with Crippen LogP contribution in [0.4, 0.5) is 13.2 Å². The second-order valence-electron chi connectivity index (χ2n) is 5.93. The Morgan fingerprint density at radius 1 is 1.33 bits per heavy atom. The maximum absolute atomic E-state index is 12.8. The molecule has 0 saturated carbocycles. The molecule has 1 saturated heterocycles. The smallest absolute Gasteiger partial charge is 0.337 e. The van der Waals surface area contributed by atoms with Crippen LogP contribution in [-0.4, -0.2) is 48.4 Å². The van der Waals surface area contributed by atoms with E-state index in [1.807, 2.05) is 0 Å². The summed E-state index contributed by atoms with van der Waals surface area (Å²) in [5, 5.41) is 7.42. The van der Waals surface area contributed by atoms with Crippen molar-refractivity contribution in [2.45, 2.75) is 24.9 Å². The van der Waals surface area contributed by atoms with Gasteiger partial charge in [0.1, 0.15) is 11.5 Å². The van der Waals surface area contributed by atoms with Gasteiger partial charge in [0.2, 0.25) is 0 Å². The average molecular weight is 342 g/mol. The van der Waals surface area contributed by atoms with Crippen molar-refractivity contribution in [3.8, 4) is 0 Å². The van der Waals surface area contributed by atoms with E-state index in [1.54, 1.807) is 19.0 Å². The molecular formula is C14H17F3N6O. The van der Waals surface area contributed by atoms with Gasteiger partial charge in [0.05, 0.1) is 6.20 Å². The van der Waals surface area contributed by atoms with Gasteiger partial charge in [-0.3, -0.25) is 4.79 Å². The highest BCUT2D eigenvalue weighted by molar-refractivity contribution is 5.92. The predicted octanol–water partition coefficient (Wildman–Crippen LogP) is 1.59.